The number of hydrogen-bond acceptors (Lipinski definition) is 2. The zero-order valence-electron chi connectivity index (χ0n) is 9.97. The van der Waals surface area contributed by atoms with E-state index in [1.54, 1.807) is 24.3 Å². The van der Waals surface area contributed by atoms with Crippen molar-refractivity contribution in [1.82, 2.24) is 0 Å². The Morgan fingerprint density at radius 3 is 2.00 bits per heavy atom. The van der Waals surface area contributed by atoms with Crippen molar-refractivity contribution in [3.8, 4) is 5.75 Å². The molecule has 2 nitrogen and oxygen atoms in total. The zero-order valence-corrected chi connectivity index (χ0v) is 9.97. The molecule has 0 aliphatic heterocycles. The van der Waals surface area contributed by atoms with Gasteiger partial charge in [0.05, 0.1) is 0 Å². The van der Waals surface area contributed by atoms with Crippen LogP contribution in [0.3, 0.4) is 0 Å². The van der Waals surface area contributed by atoms with Crippen LogP contribution in [0.15, 0.2) is 30.3 Å². The summed E-state index contributed by atoms with van der Waals surface area (Å²) >= 11 is 0. The number of para-hydroxylation sites is 1. The molecular weight excluding hydrogens is 200 g/mol. The Balaban J connectivity index is 0.000000165. The molecular formula is C14H22O2. The molecule has 0 radical (unpaired) electrons. The maximum absolute atomic E-state index is 8.78. The average molecular weight is 222 g/mol. The standard InChI is InChI=1S/C8H16O.C6H6O/c1-7-2-4-8(6-9)5-3-7;7-6-4-2-1-3-5-6/h7-9H,2-6H2,1H3;1-5,7H. The summed E-state index contributed by atoms with van der Waals surface area (Å²) in [6, 6.07) is 8.71. The van der Waals surface area contributed by atoms with Crippen molar-refractivity contribution in [2.75, 3.05) is 6.61 Å². The minimum absolute atomic E-state index is 0.322. The highest BCUT2D eigenvalue weighted by atomic mass is 16.3. The van der Waals surface area contributed by atoms with Crippen molar-refractivity contribution in [2.24, 2.45) is 11.8 Å². The molecule has 1 aliphatic carbocycles. The van der Waals surface area contributed by atoms with Gasteiger partial charge >= 0.3 is 0 Å². The summed E-state index contributed by atoms with van der Waals surface area (Å²) in [5.74, 6) is 1.86. The van der Waals surface area contributed by atoms with Crippen LogP contribution in [0.1, 0.15) is 32.6 Å². The maximum atomic E-state index is 8.78. The third-order valence-electron chi connectivity index (χ3n) is 3.15. The lowest BCUT2D eigenvalue weighted by atomic mass is 9.84. The molecule has 0 bridgehead atoms. The van der Waals surface area contributed by atoms with Crippen LogP contribution in [0.5, 0.6) is 5.75 Å². The predicted molar refractivity (Wildman–Crippen MR) is 66.3 cm³/mol. The predicted octanol–water partition coefficient (Wildman–Crippen LogP) is 3.20. The van der Waals surface area contributed by atoms with Gasteiger partial charge in [-0.25, -0.2) is 0 Å². The SMILES string of the molecule is CC1CCC(CO)CC1.Oc1ccccc1. The first-order valence-electron chi connectivity index (χ1n) is 6.07. The summed E-state index contributed by atoms with van der Waals surface area (Å²) in [7, 11) is 0. The second-order valence-electron chi connectivity index (χ2n) is 4.64. The van der Waals surface area contributed by atoms with Gasteiger partial charge in [0.15, 0.2) is 0 Å². The monoisotopic (exact) mass is 222 g/mol. The Kier molecular flexibility index (Phi) is 5.94. The summed E-state index contributed by atoms with van der Waals surface area (Å²) in [5.41, 5.74) is 0. The van der Waals surface area contributed by atoms with E-state index in [0.717, 1.165) is 5.92 Å². The van der Waals surface area contributed by atoms with E-state index in [2.05, 4.69) is 6.92 Å². The Morgan fingerprint density at radius 1 is 1.06 bits per heavy atom. The third-order valence-corrected chi connectivity index (χ3v) is 3.15. The summed E-state index contributed by atoms with van der Waals surface area (Å²) in [4.78, 5) is 0. The van der Waals surface area contributed by atoms with Crippen molar-refractivity contribution < 1.29 is 10.2 Å². The van der Waals surface area contributed by atoms with E-state index < -0.39 is 0 Å². The molecule has 0 heterocycles. The highest BCUT2D eigenvalue weighted by molar-refractivity contribution is 5.18. The Bertz CT molecular complexity index is 263. The summed E-state index contributed by atoms with van der Waals surface area (Å²) in [6.07, 6.45) is 5.14. The van der Waals surface area contributed by atoms with Crippen LogP contribution in [-0.2, 0) is 0 Å². The first-order valence-corrected chi connectivity index (χ1v) is 6.07. The normalized spacial score (nSPS) is 24.4. The van der Waals surface area contributed by atoms with Gasteiger partial charge in [0, 0.05) is 6.61 Å². The molecule has 16 heavy (non-hydrogen) atoms. The van der Waals surface area contributed by atoms with Crippen LogP contribution in [-0.4, -0.2) is 16.8 Å². The number of aromatic hydroxyl groups is 1. The molecule has 0 unspecified atom stereocenters. The highest BCUT2D eigenvalue weighted by Crippen LogP contribution is 2.27. The minimum Gasteiger partial charge on any atom is -0.508 e. The lowest BCUT2D eigenvalue weighted by molar-refractivity contribution is 0.172. The molecule has 1 aliphatic rings. The molecule has 0 atom stereocenters. The fraction of sp³-hybridized carbons (Fsp3) is 0.571. The van der Waals surface area contributed by atoms with Gasteiger partial charge in [0.1, 0.15) is 5.75 Å². The number of rotatable bonds is 1. The van der Waals surface area contributed by atoms with Gasteiger partial charge in [-0.1, -0.05) is 38.0 Å². The Hall–Kier alpha value is -1.02. The molecule has 0 amide bonds. The van der Waals surface area contributed by atoms with Gasteiger partial charge in [-0.15, -0.1) is 0 Å². The van der Waals surface area contributed by atoms with Crippen molar-refractivity contribution in [1.29, 1.82) is 0 Å². The van der Waals surface area contributed by atoms with Gasteiger partial charge < -0.3 is 10.2 Å². The Labute approximate surface area is 97.9 Å². The summed E-state index contributed by atoms with van der Waals surface area (Å²) in [6.45, 7) is 2.71. The molecule has 1 aromatic carbocycles. The first kappa shape index (κ1) is 13.0. The van der Waals surface area contributed by atoms with Crippen molar-refractivity contribution in [2.45, 2.75) is 32.6 Å². The minimum atomic E-state index is 0.322. The van der Waals surface area contributed by atoms with Crippen LogP contribution >= 0.6 is 0 Å². The summed E-state index contributed by atoms with van der Waals surface area (Å²) in [5, 5.41) is 17.4. The van der Waals surface area contributed by atoms with Gasteiger partial charge in [0.2, 0.25) is 0 Å². The topological polar surface area (TPSA) is 40.5 Å². The average Bonchev–Trinajstić information content (AvgIpc) is 2.32. The number of phenolic OH excluding ortho intramolecular Hbond substituents is 1. The number of hydrogen-bond donors (Lipinski definition) is 2. The molecule has 0 aromatic heterocycles. The highest BCUT2D eigenvalue weighted by Gasteiger charge is 2.16. The Morgan fingerprint density at radius 2 is 1.62 bits per heavy atom. The zero-order chi connectivity index (χ0) is 11.8. The van der Waals surface area contributed by atoms with Crippen molar-refractivity contribution in [3.63, 3.8) is 0 Å². The number of aliphatic hydroxyl groups excluding tert-OH is 1. The third kappa shape index (κ3) is 5.17. The van der Waals surface area contributed by atoms with E-state index in [0.29, 0.717) is 18.3 Å². The maximum Gasteiger partial charge on any atom is 0.115 e. The lowest BCUT2D eigenvalue weighted by Gasteiger charge is -2.23. The van der Waals surface area contributed by atoms with Crippen LogP contribution in [0.4, 0.5) is 0 Å². The second kappa shape index (κ2) is 7.29. The molecule has 0 spiro atoms. The van der Waals surface area contributed by atoms with Crippen LogP contribution in [0.25, 0.3) is 0 Å². The van der Waals surface area contributed by atoms with Crippen molar-refractivity contribution >= 4 is 0 Å². The van der Waals surface area contributed by atoms with Crippen LogP contribution in [0, 0.1) is 11.8 Å². The lowest BCUT2D eigenvalue weighted by Crippen LogP contribution is -2.14. The van der Waals surface area contributed by atoms with E-state index in [-0.39, 0.29) is 0 Å². The van der Waals surface area contributed by atoms with Crippen molar-refractivity contribution in [3.05, 3.63) is 30.3 Å². The molecule has 2 rings (SSSR count). The van der Waals surface area contributed by atoms with Gasteiger partial charge in [-0.2, -0.15) is 0 Å². The molecule has 90 valence electrons. The van der Waals surface area contributed by atoms with Gasteiger partial charge in [-0.3, -0.25) is 0 Å². The molecule has 0 saturated heterocycles. The van der Waals surface area contributed by atoms with Gasteiger partial charge in [-0.05, 0) is 36.8 Å². The second-order valence-corrected chi connectivity index (χ2v) is 4.64. The number of benzene rings is 1. The molecule has 1 fully saturated rings. The molecule has 2 heteroatoms. The van der Waals surface area contributed by atoms with E-state index in [9.17, 15) is 0 Å². The quantitative estimate of drug-likeness (QED) is 0.766. The number of aliphatic hydroxyl groups is 1. The first-order chi connectivity index (χ1) is 7.72. The van der Waals surface area contributed by atoms with Crippen LogP contribution < -0.4 is 0 Å². The largest absolute Gasteiger partial charge is 0.508 e. The molecule has 2 N–H and O–H groups in total. The van der Waals surface area contributed by atoms with E-state index in [1.165, 1.54) is 25.7 Å². The molecule has 1 saturated carbocycles. The van der Waals surface area contributed by atoms with E-state index in [4.69, 9.17) is 10.2 Å². The fourth-order valence-corrected chi connectivity index (χ4v) is 1.94. The smallest absolute Gasteiger partial charge is 0.115 e. The van der Waals surface area contributed by atoms with Gasteiger partial charge in [0.25, 0.3) is 0 Å². The fourth-order valence-electron chi connectivity index (χ4n) is 1.94. The summed E-state index contributed by atoms with van der Waals surface area (Å²) < 4.78 is 0. The van der Waals surface area contributed by atoms with E-state index >= 15 is 0 Å². The van der Waals surface area contributed by atoms with E-state index in [1.807, 2.05) is 6.07 Å². The number of phenols is 1. The molecule has 1 aromatic rings. The van der Waals surface area contributed by atoms with Crippen LogP contribution in [0.2, 0.25) is 0 Å².